The van der Waals surface area contributed by atoms with Crippen LogP contribution < -0.4 is 4.90 Å². The van der Waals surface area contributed by atoms with Crippen molar-refractivity contribution in [2.45, 2.75) is 39.5 Å². The Morgan fingerprint density at radius 2 is 2.08 bits per heavy atom. The summed E-state index contributed by atoms with van der Waals surface area (Å²) in [5, 5.41) is 6.25. The van der Waals surface area contributed by atoms with Crippen LogP contribution in [0.4, 0.5) is 0 Å². The zero-order valence-corrected chi connectivity index (χ0v) is 8.97. The van der Waals surface area contributed by atoms with Crippen LogP contribution in [0.2, 0.25) is 0 Å². The predicted molar refractivity (Wildman–Crippen MR) is 53.8 cm³/mol. The molecular weight excluding hydrogens is 160 g/mol. The van der Waals surface area contributed by atoms with Crippen molar-refractivity contribution >= 4 is 0 Å². The van der Waals surface area contributed by atoms with Gasteiger partial charge in [0, 0.05) is 5.92 Å². The van der Waals surface area contributed by atoms with Gasteiger partial charge in [0.2, 0.25) is 0 Å². The molecule has 0 spiro atoms. The Balaban J connectivity index is 0.000000671. The van der Waals surface area contributed by atoms with Crippen molar-refractivity contribution in [3.8, 4) is 0 Å². The molecule has 2 heteroatoms. The lowest BCUT2D eigenvalue weighted by Gasteiger charge is -2.28. The highest BCUT2D eigenvalue weighted by atomic mass is 15.1. The monoisotopic (exact) mass is 182 g/mol. The van der Waals surface area contributed by atoms with Gasteiger partial charge in [-0.05, 0) is 25.7 Å². The van der Waals surface area contributed by atoms with Crippen molar-refractivity contribution < 1.29 is 4.90 Å². The molecule has 1 saturated heterocycles. The van der Waals surface area contributed by atoms with Crippen molar-refractivity contribution in [1.29, 1.82) is 5.26 Å². The summed E-state index contributed by atoms with van der Waals surface area (Å²) < 4.78 is 0. The van der Waals surface area contributed by atoms with Gasteiger partial charge < -0.3 is 16.7 Å². The largest absolute Gasteiger partial charge is 0.512 e. The Hall–Kier alpha value is -0.550. The van der Waals surface area contributed by atoms with E-state index in [-0.39, 0.29) is 0 Å². The number of rotatable bonds is 3. The van der Waals surface area contributed by atoms with Crippen LogP contribution in [0.25, 0.3) is 0 Å². The van der Waals surface area contributed by atoms with E-state index >= 15 is 0 Å². The number of hydrogen-bond acceptors (Lipinski definition) is 1. The molecule has 2 unspecified atom stereocenters. The molecule has 1 N–H and O–H groups in total. The maximum Gasteiger partial charge on any atom is 0.0799 e. The fourth-order valence-electron chi connectivity index (χ4n) is 2.18. The van der Waals surface area contributed by atoms with Gasteiger partial charge in [0.1, 0.15) is 0 Å². The van der Waals surface area contributed by atoms with Crippen LogP contribution >= 0.6 is 0 Å². The maximum atomic E-state index is 6.25. The number of likely N-dealkylation sites (tertiary alicyclic amines) is 1. The molecule has 0 aromatic rings. The van der Waals surface area contributed by atoms with Crippen molar-refractivity contribution in [2.75, 3.05) is 19.6 Å². The van der Waals surface area contributed by atoms with E-state index in [0.717, 1.165) is 5.92 Å². The highest BCUT2D eigenvalue weighted by molar-refractivity contribution is 4.59. The summed E-state index contributed by atoms with van der Waals surface area (Å²) in [7, 11) is 0. The van der Waals surface area contributed by atoms with Crippen LogP contribution in [0, 0.1) is 17.8 Å². The quantitative estimate of drug-likeness (QED) is 0.653. The molecule has 0 saturated carbocycles. The molecule has 0 aliphatic carbocycles. The molecule has 1 aliphatic heterocycles. The highest BCUT2D eigenvalue weighted by Crippen LogP contribution is 2.10. The lowest BCUT2D eigenvalue weighted by Crippen LogP contribution is -3.13. The molecule has 1 fully saturated rings. The first-order valence-electron chi connectivity index (χ1n) is 5.42. The first-order chi connectivity index (χ1) is 6.36. The third-order valence-corrected chi connectivity index (χ3v) is 2.90. The molecule has 13 heavy (non-hydrogen) atoms. The van der Waals surface area contributed by atoms with Gasteiger partial charge >= 0.3 is 0 Å². The highest BCUT2D eigenvalue weighted by Gasteiger charge is 2.20. The number of piperidine rings is 1. The van der Waals surface area contributed by atoms with E-state index in [4.69, 9.17) is 11.8 Å². The number of quaternary nitrogens is 1. The third-order valence-electron chi connectivity index (χ3n) is 2.90. The van der Waals surface area contributed by atoms with Crippen molar-refractivity contribution in [1.82, 2.24) is 0 Å². The summed E-state index contributed by atoms with van der Waals surface area (Å²) in [6.07, 6.45) is 5.70. The predicted octanol–water partition coefficient (Wildman–Crippen LogP) is 1.20. The fourth-order valence-corrected chi connectivity index (χ4v) is 2.18. The topological polar surface area (TPSA) is 28.2 Å². The molecule has 1 aliphatic rings. The third kappa shape index (κ3) is 4.90. The van der Waals surface area contributed by atoms with Gasteiger partial charge in [-0.3, -0.25) is 0 Å². The van der Waals surface area contributed by atoms with Gasteiger partial charge in [0.25, 0.3) is 0 Å². The summed E-state index contributed by atoms with van der Waals surface area (Å²) in [5.74, 6) is 1.03. The zero-order chi connectivity index (χ0) is 10.1. The van der Waals surface area contributed by atoms with Gasteiger partial charge in [0.05, 0.1) is 19.6 Å². The van der Waals surface area contributed by atoms with Crippen LogP contribution in [0.15, 0.2) is 0 Å². The van der Waals surface area contributed by atoms with Crippen molar-refractivity contribution in [3.63, 3.8) is 0 Å². The standard InChI is InChI=1S/C10H21N.CN/c1-3-7-11-8-5-6-10(4-2)9-11;1-2/h10H,3-9H2,1-2H3;/q;-1/p+1. The Kier molecular flexibility index (Phi) is 7.73. The van der Waals surface area contributed by atoms with Gasteiger partial charge in [-0.25, -0.2) is 0 Å². The van der Waals surface area contributed by atoms with E-state index < -0.39 is 0 Å². The van der Waals surface area contributed by atoms with E-state index in [1.165, 1.54) is 45.3 Å². The minimum atomic E-state index is 1.03. The Morgan fingerprint density at radius 1 is 1.38 bits per heavy atom. The number of nitrogens with zero attached hydrogens (tertiary/aromatic N) is 1. The maximum absolute atomic E-state index is 6.25. The minimum Gasteiger partial charge on any atom is -0.512 e. The summed E-state index contributed by atoms with van der Waals surface area (Å²) in [6.45, 7) is 13.7. The molecule has 0 radical (unpaired) electrons. The van der Waals surface area contributed by atoms with Crippen LogP contribution in [0.1, 0.15) is 39.5 Å². The summed E-state index contributed by atoms with van der Waals surface area (Å²) >= 11 is 0. The molecule has 1 rings (SSSR count). The number of nitrogens with one attached hydrogen (secondary N) is 1. The first-order valence-corrected chi connectivity index (χ1v) is 5.42. The van der Waals surface area contributed by atoms with E-state index in [9.17, 15) is 0 Å². The lowest BCUT2D eigenvalue weighted by molar-refractivity contribution is -0.908. The number of hydrogen-bond donors (Lipinski definition) is 1. The van der Waals surface area contributed by atoms with Gasteiger partial charge in [-0.1, -0.05) is 13.8 Å². The second-order valence-electron chi connectivity index (χ2n) is 3.87. The molecule has 0 aromatic heterocycles. The fraction of sp³-hybridized carbons (Fsp3) is 0.909. The van der Waals surface area contributed by atoms with Crippen LogP contribution in [0.5, 0.6) is 0 Å². The SMILES string of the molecule is CCC[NH+]1CCCC(CC)C1.[C-]#N. The molecule has 0 aromatic carbocycles. The Morgan fingerprint density at radius 3 is 2.62 bits per heavy atom. The summed E-state index contributed by atoms with van der Waals surface area (Å²) in [6, 6.07) is 0. The average molecular weight is 182 g/mol. The van der Waals surface area contributed by atoms with Crippen LogP contribution in [-0.2, 0) is 0 Å². The molecule has 2 atom stereocenters. The van der Waals surface area contributed by atoms with Crippen molar-refractivity contribution in [2.24, 2.45) is 5.92 Å². The molecule has 0 bridgehead atoms. The van der Waals surface area contributed by atoms with E-state index in [1.54, 1.807) is 0 Å². The minimum absolute atomic E-state index is 1.03. The lowest BCUT2D eigenvalue weighted by atomic mass is 9.96. The second kappa shape index (κ2) is 8.07. The first kappa shape index (κ1) is 12.4. The van der Waals surface area contributed by atoms with Crippen molar-refractivity contribution in [3.05, 3.63) is 6.57 Å². The van der Waals surface area contributed by atoms with Crippen LogP contribution in [0.3, 0.4) is 0 Å². The normalized spacial score (nSPS) is 27.4. The molecule has 2 nitrogen and oxygen atoms in total. The Bertz CT molecular complexity index is 129. The Labute approximate surface area is 82.5 Å². The average Bonchev–Trinajstić information content (AvgIpc) is 2.22. The summed E-state index contributed by atoms with van der Waals surface area (Å²) in [5.41, 5.74) is 0. The molecule has 76 valence electrons. The van der Waals surface area contributed by atoms with Gasteiger partial charge in [0.15, 0.2) is 0 Å². The van der Waals surface area contributed by atoms with E-state index in [0.29, 0.717) is 0 Å². The smallest absolute Gasteiger partial charge is 0.0799 e. The van der Waals surface area contributed by atoms with E-state index in [1.807, 2.05) is 4.90 Å². The molecular formula is C11H22N2. The molecule has 0 amide bonds. The zero-order valence-electron chi connectivity index (χ0n) is 8.97. The van der Waals surface area contributed by atoms with E-state index in [2.05, 4.69) is 13.8 Å². The van der Waals surface area contributed by atoms with Gasteiger partial charge in [-0.2, -0.15) is 0 Å². The second-order valence-corrected chi connectivity index (χ2v) is 3.87. The van der Waals surface area contributed by atoms with Crippen LogP contribution in [-0.4, -0.2) is 19.6 Å². The summed E-state index contributed by atoms with van der Waals surface area (Å²) in [4.78, 5) is 1.85. The van der Waals surface area contributed by atoms with Gasteiger partial charge in [-0.15, -0.1) is 0 Å². The molecule has 1 heterocycles.